The van der Waals surface area contributed by atoms with Gasteiger partial charge in [0.15, 0.2) is 5.69 Å². The molecular weight excluding hydrogens is 362 g/mol. The number of para-hydroxylation sites is 1. The first kappa shape index (κ1) is 17.4. The molecule has 0 aliphatic rings. The number of rotatable bonds is 5. The molecule has 130 valence electrons. The van der Waals surface area contributed by atoms with Crippen molar-refractivity contribution in [2.75, 3.05) is 0 Å². The number of halogens is 1. The van der Waals surface area contributed by atoms with Crippen LogP contribution in [0.25, 0.3) is 10.9 Å². The number of aromatic nitrogens is 1. The van der Waals surface area contributed by atoms with Gasteiger partial charge in [-0.05, 0) is 30.2 Å². The van der Waals surface area contributed by atoms with Crippen LogP contribution in [0.4, 0.5) is 5.69 Å². The molecule has 8 heteroatoms. The number of sulfonamides is 1. The van der Waals surface area contributed by atoms with Crippen molar-refractivity contribution in [3.63, 3.8) is 0 Å². The van der Waals surface area contributed by atoms with Crippen molar-refractivity contribution in [2.45, 2.75) is 24.7 Å². The number of nitrogens with zero attached hydrogens (tertiary/aromatic N) is 2. The third-order valence-electron chi connectivity index (χ3n) is 3.74. The Labute approximate surface area is 150 Å². The number of fused-ring (bicyclic) bond motifs is 1. The minimum absolute atomic E-state index is 0.0312. The maximum atomic E-state index is 12.3. The van der Waals surface area contributed by atoms with Crippen LogP contribution < -0.4 is 0 Å². The van der Waals surface area contributed by atoms with Crippen molar-refractivity contribution in [1.29, 1.82) is 0 Å². The van der Waals surface area contributed by atoms with Crippen molar-refractivity contribution >= 4 is 38.2 Å². The smallest absolute Gasteiger partial charge is 0.299 e. The van der Waals surface area contributed by atoms with Gasteiger partial charge >= 0.3 is 0 Å². The van der Waals surface area contributed by atoms with Crippen LogP contribution in [0.15, 0.2) is 57.0 Å². The summed E-state index contributed by atoms with van der Waals surface area (Å²) in [5.41, 5.74) is 1.56. The van der Waals surface area contributed by atoms with E-state index in [1.54, 1.807) is 30.3 Å². The molecule has 2 N–H and O–H groups in total. The summed E-state index contributed by atoms with van der Waals surface area (Å²) in [4.78, 5) is 2.72. The highest BCUT2D eigenvalue weighted by Gasteiger charge is 2.16. The fraction of sp³-hybridized carbons (Fsp3) is 0.176. The molecule has 1 aromatic heterocycles. The summed E-state index contributed by atoms with van der Waals surface area (Å²) < 4.78 is 28.1. The molecule has 3 aromatic rings. The summed E-state index contributed by atoms with van der Waals surface area (Å²) in [7, 11) is -3.96. The van der Waals surface area contributed by atoms with Crippen LogP contribution in [0, 0.1) is 0 Å². The summed E-state index contributed by atoms with van der Waals surface area (Å²) in [6, 6.07) is 11.5. The Bertz CT molecular complexity index is 1040. The predicted molar refractivity (Wildman–Crippen MR) is 97.1 cm³/mol. The zero-order valence-electron chi connectivity index (χ0n) is 13.4. The number of aromatic amines is 1. The summed E-state index contributed by atoms with van der Waals surface area (Å²) >= 11 is 6.04. The van der Waals surface area contributed by atoms with E-state index in [-0.39, 0.29) is 16.5 Å². The summed E-state index contributed by atoms with van der Waals surface area (Å²) in [5, 5.41) is 14.6. The second-order valence-corrected chi connectivity index (χ2v) is 7.53. The van der Waals surface area contributed by atoms with Gasteiger partial charge in [0.25, 0.3) is 10.0 Å². The van der Waals surface area contributed by atoms with Gasteiger partial charge in [-0.1, -0.05) is 53.7 Å². The Morgan fingerprint density at radius 2 is 1.88 bits per heavy atom. The molecule has 0 aliphatic heterocycles. The average molecular weight is 378 g/mol. The number of benzene rings is 2. The standard InChI is InChI=1S/C17H16ClN3O3S/c1-2-4-11-7-9-12(10-8-11)25(23,24)21-20-16-13-5-3-6-14(18)15(13)19-17(16)22/h3,5-10,19,22H,2,4H2,1H3. The molecular formula is C17H16ClN3O3S. The van der Waals surface area contributed by atoms with E-state index in [2.05, 4.69) is 21.5 Å². The number of hydrogen-bond donors (Lipinski definition) is 2. The van der Waals surface area contributed by atoms with Crippen molar-refractivity contribution < 1.29 is 13.5 Å². The van der Waals surface area contributed by atoms with Crippen molar-refractivity contribution in [1.82, 2.24) is 4.98 Å². The van der Waals surface area contributed by atoms with Gasteiger partial charge in [-0.25, -0.2) is 0 Å². The molecule has 3 rings (SSSR count). The monoisotopic (exact) mass is 377 g/mol. The maximum Gasteiger partial charge on any atom is 0.299 e. The Balaban J connectivity index is 1.95. The number of hydrogen-bond acceptors (Lipinski definition) is 4. The highest BCUT2D eigenvalue weighted by molar-refractivity contribution is 7.90. The minimum Gasteiger partial charge on any atom is -0.493 e. The first-order valence-corrected chi connectivity index (χ1v) is 9.50. The quantitative estimate of drug-likeness (QED) is 0.615. The lowest BCUT2D eigenvalue weighted by Gasteiger charge is -2.01. The second-order valence-electron chi connectivity index (χ2n) is 5.54. The molecule has 0 saturated heterocycles. The fourth-order valence-electron chi connectivity index (χ4n) is 2.51. The van der Waals surface area contributed by atoms with Crippen LogP contribution in [0.2, 0.25) is 5.02 Å². The summed E-state index contributed by atoms with van der Waals surface area (Å²) in [6.45, 7) is 2.05. The molecule has 0 bridgehead atoms. The van der Waals surface area contributed by atoms with E-state index in [9.17, 15) is 13.5 Å². The molecule has 0 fully saturated rings. The Morgan fingerprint density at radius 1 is 1.16 bits per heavy atom. The Hall–Kier alpha value is -2.38. The molecule has 0 amide bonds. The van der Waals surface area contributed by atoms with Crippen LogP contribution in [-0.2, 0) is 16.4 Å². The van der Waals surface area contributed by atoms with E-state index in [4.69, 9.17) is 11.6 Å². The van der Waals surface area contributed by atoms with E-state index in [0.717, 1.165) is 18.4 Å². The normalized spacial score (nSPS) is 12.2. The molecule has 0 unspecified atom stereocenters. The van der Waals surface area contributed by atoms with E-state index >= 15 is 0 Å². The lowest BCUT2D eigenvalue weighted by Crippen LogP contribution is -1.96. The van der Waals surface area contributed by atoms with Gasteiger partial charge in [0.2, 0.25) is 5.88 Å². The molecule has 2 aromatic carbocycles. The number of aromatic hydroxyl groups is 1. The van der Waals surface area contributed by atoms with Gasteiger partial charge in [0.05, 0.1) is 15.4 Å². The van der Waals surface area contributed by atoms with Crippen LogP contribution in [0.3, 0.4) is 0 Å². The number of H-pyrrole nitrogens is 1. The van der Waals surface area contributed by atoms with Crippen molar-refractivity contribution in [3.05, 3.63) is 53.1 Å². The van der Waals surface area contributed by atoms with E-state index in [0.29, 0.717) is 15.9 Å². The molecule has 0 spiro atoms. The number of aryl methyl sites for hydroxylation is 1. The first-order chi connectivity index (χ1) is 11.9. The van der Waals surface area contributed by atoms with Crippen molar-refractivity contribution in [3.8, 4) is 5.88 Å². The highest BCUT2D eigenvalue weighted by atomic mass is 35.5. The van der Waals surface area contributed by atoms with Gasteiger partial charge in [-0.15, -0.1) is 5.11 Å². The first-order valence-electron chi connectivity index (χ1n) is 7.68. The van der Waals surface area contributed by atoms with Gasteiger partial charge in [-0.3, -0.25) is 0 Å². The number of nitrogens with one attached hydrogen (secondary N) is 1. The predicted octanol–water partition coefficient (Wildman–Crippen LogP) is 4.95. The second kappa shape index (κ2) is 6.85. The lowest BCUT2D eigenvalue weighted by molar-refractivity contribution is 0.459. The molecule has 0 saturated carbocycles. The van der Waals surface area contributed by atoms with Gasteiger partial charge < -0.3 is 10.1 Å². The Kier molecular flexibility index (Phi) is 4.78. The van der Waals surface area contributed by atoms with Crippen molar-refractivity contribution in [2.24, 2.45) is 9.63 Å². The van der Waals surface area contributed by atoms with Gasteiger partial charge in [0, 0.05) is 5.39 Å². The van der Waals surface area contributed by atoms with Gasteiger partial charge in [0.1, 0.15) is 0 Å². The molecule has 6 nitrogen and oxygen atoms in total. The fourth-order valence-corrected chi connectivity index (χ4v) is 3.50. The molecule has 0 radical (unpaired) electrons. The van der Waals surface area contributed by atoms with Crippen LogP contribution in [0.5, 0.6) is 5.88 Å². The molecule has 1 heterocycles. The van der Waals surface area contributed by atoms with E-state index in [1.807, 2.05) is 0 Å². The van der Waals surface area contributed by atoms with Crippen LogP contribution in [0.1, 0.15) is 18.9 Å². The van der Waals surface area contributed by atoms with Crippen LogP contribution in [-0.4, -0.2) is 18.5 Å². The third-order valence-corrected chi connectivity index (χ3v) is 5.22. The topological polar surface area (TPSA) is 94.9 Å². The summed E-state index contributed by atoms with van der Waals surface area (Å²) in [6.07, 6.45) is 1.86. The maximum absolute atomic E-state index is 12.3. The zero-order chi connectivity index (χ0) is 18.0. The molecule has 25 heavy (non-hydrogen) atoms. The highest BCUT2D eigenvalue weighted by Crippen LogP contribution is 2.38. The van der Waals surface area contributed by atoms with E-state index in [1.165, 1.54) is 12.1 Å². The lowest BCUT2D eigenvalue weighted by atomic mass is 10.1. The van der Waals surface area contributed by atoms with E-state index < -0.39 is 10.0 Å². The minimum atomic E-state index is -3.96. The Morgan fingerprint density at radius 3 is 2.56 bits per heavy atom. The average Bonchev–Trinajstić information content (AvgIpc) is 2.91. The molecule has 0 aliphatic carbocycles. The van der Waals surface area contributed by atoms with Gasteiger partial charge in [-0.2, -0.15) is 8.42 Å². The van der Waals surface area contributed by atoms with Crippen LogP contribution >= 0.6 is 11.6 Å². The third kappa shape index (κ3) is 3.52. The molecule has 0 atom stereocenters. The largest absolute Gasteiger partial charge is 0.493 e. The summed E-state index contributed by atoms with van der Waals surface area (Å²) in [5.74, 6) is -0.291. The SMILES string of the molecule is CCCc1ccc(S(=O)(=O)N=Nc2c(O)[nH]c3c(Cl)cccc23)cc1. The zero-order valence-corrected chi connectivity index (χ0v) is 15.0.